The molecule has 0 aliphatic rings. The van der Waals surface area contributed by atoms with Crippen LogP contribution in [-0.4, -0.2) is 20.5 Å². The summed E-state index contributed by atoms with van der Waals surface area (Å²) in [6.45, 7) is 0. The Balaban J connectivity index is 3.65. The Morgan fingerprint density at radius 2 is 2.18 bits per heavy atom. The van der Waals surface area contributed by atoms with E-state index in [2.05, 4.69) is 9.72 Å². The molecule has 0 saturated heterocycles. The van der Waals surface area contributed by atoms with Gasteiger partial charge in [0.25, 0.3) is 15.5 Å². The summed E-state index contributed by atoms with van der Waals surface area (Å²) in [7, 11) is 1.75. The van der Waals surface area contributed by atoms with Gasteiger partial charge in [0.05, 0.1) is 12.7 Å². The topological polar surface area (TPSA) is 80.0 Å². The van der Waals surface area contributed by atoms with Crippen molar-refractivity contribution in [3.63, 3.8) is 0 Å². The Labute approximate surface area is 100 Å². The van der Waals surface area contributed by atoms with Gasteiger partial charge in [0.2, 0.25) is 0 Å². The Morgan fingerprint density at radius 3 is 2.53 bits per heavy atom. The molecule has 9 heteroatoms. The summed E-state index contributed by atoms with van der Waals surface area (Å²) in [4.78, 5) is 3.18. The second-order valence-corrected chi connectivity index (χ2v) is 5.29. The summed E-state index contributed by atoms with van der Waals surface area (Å²) in [5.41, 5.74) is -1.32. The summed E-state index contributed by atoms with van der Waals surface area (Å²) in [6, 6.07) is 2.30. The predicted octanol–water partition coefficient (Wildman–Crippen LogP) is 1.83. The van der Waals surface area contributed by atoms with Crippen LogP contribution in [0.25, 0.3) is 0 Å². The van der Waals surface area contributed by atoms with E-state index >= 15 is 0 Å². The van der Waals surface area contributed by atoms with Crippen molar-refractivity contribution in [1.29, 1.82) is 5.26 Å². The van der Waals surface area contributed by atoms with Crippen molar-refractivity contribution < 1.29 is 21.9 Å². The van der Waals surface area contributed by atoms with Crippen LogP contribution in [0.15, 0.2) is 11.1 Å². The van der Waals surface area contributed by atoms with Crippen LogP contribution in [0.5, 0.6) is 5.75 Å². The van der Waals surface area contributed by atoms with Crippen molar-refractivity contribution in [2.45, 2.75) is 11.5 Å². The molecule has 1 aromatic rings. The largest absolute Gasteiger partial charge is 0.493 e. The van der Waals surface area contributed by atoms with Gasteiger partial charge < -0.3 is 4.74 Å². The highest BCUT2D eigenvalue weighted by Crippen LogP contribution is 2.32. The zero-order valence-corrected chi connectivity index (χ0v) is 9.89. The Bertz CT molecular complexity index is 583. The van der Waals surface area contributed by atoms with Gasteiger partial charge in [-0.05, 0) is 6.07 Å². The molecule has 0 saturated carbocycles. The number of hydrogen-bond acceptors (Lipinski definition) is 5. The van der Waals surface area contributed by atoms with Crippen LogP contribution in [0.2, 0.25) is 0 Å². The molecule has 0 aliphatic heterocycles. The molecule has 0 amide bonds. The van der Waals surface area contributed by atoms with Crippen LogP contribution >= 0.6 is 10.7 Å². The molecule has 1 aromatic heterocycles. The van der Waals surface area contributed by atoms with E-state index < -0.39 is 31.9 Å². The lowest BCUT2D eigenvalue weighted by molar-refractivity contribution is 0.140. The number of rotatable bonds is 3. The molecule has 1 rings (SSSR count). The van der Waals surface area contributed by atoms with E-state index in [1.54, 1.807) is 0 Å². The van der Waals surface area contributed by atoms with Crippen molar-refractivity contribution in [2.24, 2.45) is 0 Å². The van der Waals surface area contributed by atoms with E-state index in [9.17, 15) is 17.2 Å². The first-order valence-electron chi connectivity index (χ1n) is 4.03. The molecule has 17 heavy (non-hydrogen) atoms. The molecule has 0 unspecified atom stereocenters. The van der Waals surface area contributed by atoms with Gasteiger partial charge in [0, 0.05) is 10.7 Å². The third kappa shape index (κ3) is 2.81. The van der Waals surface area contributed by atoms with Crippen LogP contribution in [0, 0.1) is 11.3 Å². The van der Waals surface area contributed by atoms with Crippen LogP contribution in [0.4, 0.5) is 8.78 Å². The van der Waals surface area contributed by atoms with Crippen LogP contribution in [0.3, 0.4) is 0 Å². The summed E-state index contributed by atoms with van der Waals surface area (Å²) in [5, 5.41) is 7.89. The van der Waals surface area contributed by atoms with Crippen molar-refractivity contribution in [3.8, 4) is 11.8 Å². The first kappa shape index (κ1) is 13.6. The van der Waals surface area contributed by atoms with E-state index in [4.69, 9.17) is 15.9 Å². The van der Waals surface area contributed by atoms with Gasteiger partial charge in [-0.3, -0.25) is 0 Å². The number of pyridine rings is 1. The lowest BCUT2D eigenvalue weighted by Gasteiger charge is -2.09. The predicted molar refractivity (Wildman–Crippen MR) is 53.5 cm³/mol. The van der Waals surface area contributed by atoms with E-state index in [1.165, 1.54) is 6.07 Å². The summed E-state index contributed by atoms with van der Waals surface area (Å²) < 4.78 is 51.8. The monoisotopic (exact) mass is 282 g/mol. The molecule has 0 spiro atoms. The number of methoxy groups -OCH3 is 1. The fraction of sp³-hybridized carbons (Fsp3) is 0.250. The first-order chi connectivity index (χ1) is 7.81. The van der Waals surface area contributed by atoms with Crippen LogP contribution in [0.1, 0.15) is 17.7 Å². The van der Waals surface area contributed by atoms with Gasteiger partial charge >= 0.3 is 0 Å². The fourth-order valence-corrected chi connectivity index (χ4v) is 1.80. The van der Waals surface area contributed by atoms with Gasteiger partial charge in [0.1, 0.15) is 6.07 Å². The molecular formula is C8H5ClF2N2O3S. The molecule has 0 N–H and O–H groups in total. The Hall–Kier alpha value is -1.46. The van der Waals surface area contributed by atoms with Gasteiger partial charge in [-0.25, -0.2) is 22.2 Å². The maximum Gasteiger partial charge on any atom is 0.284 e. The van der Waals surface area contributed by atoms with Crippen LogP contribution < -0.4 is 4.74 Å². The highest BCUT2D eigenvalue weighted by molar-refractivity contribution is 8.13. The molecule has 92 valence electrons. The van der Waals surface area contributed by atoms with Crippen molar-refractivity contribution >= 4 is 19.7 Å². The van der Waals surface area contributed by atoms with Crippen molar-refractivity contribution in [3.05, 3.63) is 17.3 Å². The lowest BCUT2D eigenvalue weighted by Crippen LogP contribution is -2.05. The molecule has 0 radical (unpaired) electrons. The fourth-order valence-electron chi connectivity index (χ4n) is 1.10. The number of nitrogens with zero attached hydrogens (tertiary/aromatic N) is 2. The normalized spacial score (nSPS) is 11.3. The Morgan fingerprint density at radius 1 is 1.59 bits per heavy atom. The number of ether oxygens (including phenoxy) is 1. The molecule has 0 atom stereocenters. The van der Waals surface area contributed by atoms with Crippen molar-refractivity contribution in [2.75, 3.05) is 7.11 Å². The summed E-state index contributed by atoms with van der Waals surface area (Å²) in [6.07, 6.45) is -3.09. The van der Waals surface area contributed by atoms with Gasteiger partial charge in [-0.1, -0.05) is 0 Å². The van der Waals surface area contributed by atoms with Crippen molar-refractivity contribution in [1.82, 2.24) is 4.98 Å². The molecule has 1 heterocycles. The number of aromatic nitrogens is 1. The first-order valence-corrected chi connectivity index (χ1v) is 6.34. The summed E-state index contributed by atoms with van der Waals surface area (Å²) in [5.74, 6) is -0.466. The maximum absolute atomic E-state index is 12.6. The average molecular weight is 283 g/mol. The number of nitriles is 1. The third-order valence-corrected chi connectivity index (χ3v) is 2.94. The zero-order chi connectivity index (χ0) is 13.2. The third-order valence-electron chi connectivity index (χ3n) is 1.76. The Kier molecular flexibility index (Phi) is 3.85. The van der Waals surface area contributed by atoms with Gasteiger partial charge in [0.15, 0.2) is 16.5 Å². The van der Waals surface area contributed by atoms with Gasteiger partial charge in [-0.2, -0.15) is 5.26 Å². The molecular weight excluding hydrogens is 278 g/mol. The lowest BCUT2D eigenvalue weighted by atomic mass is 10.2. The number of hydrogen-bond donors (Lipinski definition) is 0. The molecule has 0 fully saturated rings. The quantitative estimate of drug-likeness (QED) is 0.790. The van der Waals surface area contributed by atoms with E-state index in [0.717, 1.165) is 13.2 Å². The number of alkyl halides is 2. The minimum absolute atomic E-state index is 0.378. The zero-order valence-electron chi connectivity index (χ0n) is 8.32. The maximum atomic E-state index is 12.6. The molecule has 0 aromatic carbocycles. The second-order valence-electron chi connectivity index (χ2n) is 2.78. The number of halogens is 3. The van der Waals surface area contributed by atoms with E-state index in [0.29, 0.717) is 0 Å². The second kappa shape index (κ2) is 4.81. The average Bonchev–Trinajstić information content (AvgIpc) is 2.25. The summed E-state index contributed by atoms with van der Waals surface area (Å²) >= 11 is 0. The highest BCUT2D eigenvalue weighted by atomic mass is 35.7. The highest BCUT2D eigenvalue weighted by Gasteiger charge is 2.24. The SMILES string of the molecule is COc1c(C#N)cc(S(=O)(=O)Cl)nc1C(F)F. The molecule has 0 bridgehead atoms. The van der Waals surface area contributed by atoms with E-state index in [-0.39, 0.29) is 5.56 Å². The van der Waals surface area contributed by atoms with E-state index in [1.807, 2.05) is 0 Å². The molecule has 5 nitrogen and oxygen atoms in total. The van der Waals surface area contributed by atoms with Gasteiger partial charge in [-0.15, -0.1) is 0 Å². The minimum Gasteiger partial charge on any atom is -0.493 e. The standard InChI is InChI=1S/C8H5ClF2N2O3S/c1-16-7-4(3-12)2-5(17(9,14)15)13-6(7)8(10)11/h2,8H,1H3. The molecule has 0 aliphatic carbocycles. The smallest absolute Gasteiger partial charge is 0.284 e. The minimum atomic E-state index is -4.30. The van der Waals surface area contributed by atoms with Crippen LogP contribution in [-0.2, 0) is 9.05 Å².